The molecule has 1 saturated heterocycles. The van der Waals surface area contributed by atoms with E-state index >= 15 is 0 Å². The highest BCUT2D eigenvalue weighted by Gasteiger charge is 2.40. The second-order valence-electron chi connectivity index (χ2n) is 5.68. The van der Waals surface area contributed by atoms with Crippen molar-refractivity contribution >= 4 is 5.91 Å². The van der Waals surface area contributed by atoms with E-state index in [4.69, 9.17) is 0 Å². The Balaban J connectivity index is 2.04. The Labute approximate surface area is 105 Å². The maximum absolute atomic E-state index is 12.3. The van der Waals surface area contributed by atoms with Crippen LogP contribution in [0.4, 0.5) is 0 Å². The number of rotatable bonds is 6. The van der Waals surface area contributed by atoms with Gasteiger partial charge in [-0.2, -0.15) is 0 Å². The first-order valence-electron chi connectivity index (χ1n) is 7.25. The van der Waals surface area contributed by atoms with Gasteiger partial charge in [0.05, 0.1) is 12.2 Å². The molecule has 1 aliphatic heterocycles. The average Bonchev–Trinajstić information content (AvgIpc) is 3.07. The summed E-state index contributed by atoms with van der Waals surface area (Å²) in [5.41, 5.74) is 0. The van der Waals surface area contributed by atoms with Gasteiger partial charge in [-0.05, 0) is 32.1 Å². The van der Waals surface area contributed by atoms with Crippen LogP contribution in [-0.4, -0.2) is 29.1 Å². The molecule has 1 heterocycles. The van der Waals surface area contributed by atoms with Gasteiger partial charge >= 0.3 is 0 Å². The third-order valence-corrected chi connectivity index (χ3v) is 4.13. The largest absolute Gasteiger partial charge is 0.323 e. The molecule has 0 bridgehead atoms. The van der Waals surface area contributed by atoms with Gasteiger partial charge in [-0.25, -0.2) is 0 Å². The minimum Gasteiger partial charge on any atom is -0.323 e. The Morgan fingerprint density at radius 3 is 2.65 bits per heavy atom. The molecular weight excluding hydrogens is 212 g/mol. The maximum atomic E-state index is 12.3. The number of nitrogens with zero attached hydrogens (tertiary/aromatic N) is 1. The SMILES string of the molecule is CCCC1NC(C)C(=O)N1C(CC)CC1CC1. The lowest BCUT2D eigenvalue weighted by Gasteiger charge is -2.32. The van der Waals surface area contributed by atoms with E-state index in [1.165, 1.54) is 19.3 Å². The van der Waals surface area contributed by atoms with Crippen LogP contribution in [0, 0.1) is 5.92 Å². The zero-order valence-corrected chi connectivity index (χ0v) is 11.4. The fraction of sp³-hybridized carbons (Fsp3) is 0.929. The summed E-state index contributed by atoms with van der Waals surface area (Å²) < 4.78 is 0. The van der Waals surface area contributed by atoms with Crippen molar-refractivity contribution < 1.29 is 4.79 Å². The third-order valence-electron chi connectivity index (χ3n) is 4.13. The van der Waals surface area contributed by atoms with Gasteiger partial charge < -0.3 is 4.90 Å². The van der Waals surface area contributed by atoms with Gasteiger partial charge in [0.2, 0.25) is 5.91 Å². The van der Waals surface area contributed by atoms with Crippen molar-refractivity contribution in [2.24, 2.45) is 5.92 Å². The van der Waals surface area contributed by atoms with E-state index in [2.05, 4.69) is 24.1 Å². The molecule has 1 N–H and O–H groups in total. The summed E-state index contributed by atoms with van der Waals surface area (Å²) in [5, 5.41) is 3.44. The van der Waals surface area contributed by atoms with Crippen LogP contribution in [0.3, 0.4) is 0 Å². The molecule has 1 saturated carbocycles. The fourth-order valence-corrected chi connectivity index (χ4v) is 2.96. The lowest BCUT2D eigenvalue weighted by molar-refractivity contribution is -0.132. The molecule has 98 valence electrons. The Hall–Kier alpha value is -0.570. The molecule has 3 unspecified atom stereocenters. The summed E-state index contributed by atoms with van der Waals surface area (Å²) in [4.78, 5) is 14.4. The highest BCUT2D eigenvalue weighted by Crippen LogP contribution is 2.36. The Morgan fingerprint density at radius 2 is 2.12 bits per heavy atom. The van der Waals surface area contributed by atoms with Crippen LogP contribution in [0.5, 0.6) is 0 Å². The molecule has 0 spiro atoms. The average molecular weight is 238 g/mol. The minimum absolute atomic E-state index is 0.0137. The van der Waals surface area contributed by atoms with Crippen molar-refractivity contribution in [3.05, 3.63) is 0 Å². The number of hydrogen-bond donors (Lipinski definition) is 1. The number of nitrogens with one attached hydrogen (secondary N) is 1. The van der Waals surface area contributed by atoms with Gasteiger partial charge in [0.25, 0.3) is 0 Å². The third kappa shape index (κ3) is 2.82. The Bertz CT molecular complexity index is 275. The van der Waals surface area contributed by atoms with Crippen LogP contribution < -0.4 is 5.32 Å². The van der Waals surface area contributed by atoms with E-state index in [0.717, 1.165) is 25.2 Å². The summed E-state index contributed by atoms with van der Waals surface area (Å²) in [6.07, 6.45) is 7.56. The van der Waals surface area contributed by atoms with Gasteiger partial charge in [-0.3, -0.25) is 10.1 Å². The summed E-state index contributed by atoms with van der Waals surface area (Å²) in [5.74, 6) is 1.21. The highest BCUT2D eigenvalue weighted by molar-refractivity contribution is 5.84. The molecule has 1 aliphatic carbocycles. The molecule has 17 heavy (non-hydrogen) atoms. The van der Waals surface area contributed by atoms with Crippen molar-refractivity contribution in [2.75, 3.05) is 0 Å². The predicted molar refractivity (Wildman–Crippen MR) is 69.6 cm³/mol. The second kappa shape index (κ2) is 5.38. The van der Waals surface area contributed by atoms with Crippen LogP contribution >= 0.6 is 0 Å². The van der Waals surface area contributed by atoms with Crippen molar-refractivity contribution in [2.45, 2.75) is 77.5 Å². The van der Waals surface area contributed by atoms with E-state index in [9.17, 15) is 4.79 Å². The van der Waals surface area contributed by atoms with E-state index in [1.54, 1.807) is 0 Å². The first kappa shape index (κ1) is 12.9. The topological polar surface area (TPSA) is 32.3 Å². The van der Waals surface area contributed by atoms with E-state index < -0.39 is 0 Å². The second-order valence-corrected chi connectivity index (χ2v) is 5.68. The molecule has 0 radical (unpaired) electrons. The van der Waals surface area contributed by atoms with Gasteiger partial charge in [0, 0.05) is 6.04 Å². The van der Waals surface area contributed by atoms with E-state index in [0.29, 0.717) is 11.9 Å². The molecule has 0 aromatic carbocycles. The number of carbonyl (C=O) groups is 1. The molecule has 0 aromatic rings. The molecule has 2 aliphatic rings. The van der Waals surface area contributed by atoms with Gasteiger partial charge in [-0.1, -0.05) is 33.1 Å². The fourth-order valence-electron chi connectivity index (χ4n) is 2.96. The zero-order chi connectivity index (χ0) is 12.4. The quantitative estimate of drug-likeness (QED) is 0.771. The molecule has 1 amide bonds. The lowest BCUT2D eigenvalue weighted by Crippen LogP contribution is -2.44. The first-order valence-corrected chi connectivity index (χ1v) is 7.25. The molecule has 2 fully saturated rings. The summed E-state index contributed by atoms with van der Waals surface area (Å²) in [7, 11) is 0. The van der Waals surface area contributed by atoms with Crippen LogP contribution in [0.1, 0.15) is 59.3 Å². The van der Waals surface area contributed by atoms with E-state index in [-0.39, 0.29) is 12.2 Å². The zero-order valence-electron chi connectivity index (χ0n) is 11.4. The predicted octanol–water partition coefficient (Wildman–Crippen LogP) is 2.51. The van der Waals surface area contributed by atoms with Crippen molar-refractivity contribution in [1.29, 1.82) is 0 Å². The summed E-state index contributed by atoms with van der Waals surface area (Å²) >= 11 is 0. The Kier molecular flexibility index (Phi) is 4.08. The summed E-state index contributed by atoms with van der Waals surface area (Å²) in [6.45, 7) is 6.40. The molecule has 3 nitrogen and oxygen atoms in total. The Morgan fingerprint density at radius 1 is 1.41 bits per heavy atom. The summed E-state index contributed by atoms with van der Waals surface area (Å²) in [6, 6.07) is 0.476. The molecular formula is C14H26N2O. The minimum atomic E-state index is 0.0137. The monoisotopic (exact) mass is 238 g/mol. The number of hydrogen-bond acceptors (Lipinski definition) is 2. The van der Waals surface area contributed by atoms with Crippen LogP contribution in [0.15, 0.2) is 0 Å². The normalized spacial score (nSPS) is 31.0. The van der Waals surface area contributed by atoms with Gasteiger partial charge in [-0.15, -0.1) is 0 Å². The molecule has 3 atom stereocenters. The van der Waals surface area contributed by atoms with Gasteiger partial charge in [0.15, 0.2) is 0 Å². The van der Waals surface area contributed by atoms with Crippen LogP contribution in [-0.2, 0) is 4.79 Å². The standard InChI is InChI=1S/C14H26N2O/c1-4-6-13-15-10(3)14(17)16(13)12(5-2)9-11-7-8-11/h10-13,15H,4-9H2,1-3H3. The molecule has 3 heteroatoms. The van der Waals surface area contributed by atoms with Crippen LogP contribution in [0.2, 0.25) is 0 Å². The number of amides is 1. The molecule has 2 rings (SSSR count). The van der Waals surface area contributed by atoms with Crippen molar-refractivity contribution in [3.63, 3.8) is 0 Å². The van der Waals surface area contributed by atoms with Crippen molar-refractivity contribution in [3.8, 4) is 0 Å². The van der Waals surface area contributed by atoms with E-state index in [1.807, 2.05) is 6.92 Å². The van der Waals surface area contributed by atoms with Crippen LogP contribution in [0.25, 0.3) is 0 Å². The lowest BCUT2D eigenvalue weighted by atomic mass is 10.0. The highest BCUT2D eigenvalue weighted by atomic mass is 16.2. The smallest absolute Gasteiger partial charge is 0.240 e. The molecule has 0 aromatic heterocycles. The van der Waals surface area contributed by atoms with Gasteiger partial charge in [0.1, 0.15) is 0 Å². The van der Waals surface area contributed by atoms with Crippen molar-refractivity contribution in [1.82, 2.24) is 10.2 Å². The maximum Gasteiger partial charge on any atom is 0.240 e. The first-order chi connectivity index (χ1) is 8.17. The number of carbonyl (C=O) groups excluding carboxylic acids is 1.